The van der Waals surface area contributed by atoms with E-state index < -0.39 is 12.1 Å². The predicted molar refractivity (Wildman–Crippen MR) is 143 cm³/mol. The summed E-state index contributed by atoms with van der Waals surface area (Å²) in [5.41, 5.74) is 3.86. The summed E-state index contributed by atoms with van der Waals surface area (Å²) in [5.74, 6) is -0.801. The van der Waals surface area contributed by atoms with E-state index in [1.807, 2.05) is 73.7 Å². The molecule has 0 spiro atoms. The second-order valence-electron chi connectivity index (χ2n) is 9.31. The average Bonchev–Trinajstić information content (AvgIpc) is 2.90. The van der Waals surface area contributed by atoms with Crippen molar-refractivity contribution in [2.45, 2.75) is 45.8 Å². The molecule has 0 radical (unpaired) electrons. The minimum absolute atomic E-state index is 0.332. The summed E-state index contributed by atoms with van der Waals surface area (Å²) >= 11 is 0. The number of anilines is 1. The number of hydrogen-bond acceptors (Lipinski definition) is 5. The first-order chi connectivity index (χ1) is 17.6. The highest BCUT2D eigenvalue weighted by Crippen LogP contribution is 2.29. The number of aromatic nitrogens is 1. The third-order valence-corrected chi connectivity index (χ3v) is 6.80. The number of nitrogens with zero attached hydrogens (tertiary/aromatic N) is 2. The third-order valence-electron chi connectivity index (χ3n) is 6.80. The van der Waals surface area contributed by atoms with E-state index in [9.17, 15) is 9.59 Å². The van der Waals surface area contributed by atoms with Crippen LogP contribution in [0.4, 0.5) is 5.69 Å². The number of carbonyl (C=O) groups excluding carboxylic acids is 2. The molecule has 0 saturated carbocycles. The Kier molecular flexibility index (Phi) is 6.96. The first kappa shape index (κ1) is 23.9. The van der Waals surface area contributed by atoms with Gasteiger partial charge in [-0.2, -0.15) is 0 Å². The molecule has 3 aromatic carbocycles. The fourth-order valence-electron chi connectivity index (χ4n) is 4.99. The number of esters is 1. The van der Waals surface area contributed by atoms with Gasteiger partial charge < -0.3 is 10.1 Å². The first-order valence-electron chi connectivity index (χ1n) is 12.7. The minimum Gasteiger partial charge on any atom is -0.449 e. The first-order valence-corrected chi connectivity index (χ1v) is 12.7. The molecule has 4 aromatic rings. The molecule has 36 heavy (non-hydrogen) atoms. The van der Waals surface area contributed by atoms with Crippen molar-refractivity contribution in [1.82, 2.24) is 9.88 Å². The zero-order valence-corrected chi connectivity index (χ0v) is 20.8. The SMILES string of the molecule is CCCN1CCc2nc3ccccc3c(C(=O)OC(CC)C(=O)Nc3ccc4ccccc4c3)c2C1. The van der Waals surface area contributed by atoms with Gasteiger partial charge in [-0.15, -0.1) is 0 Å². The maximum absolute atomic E-state index is 13.6. The molecule has 1 aromatic heterocycles. The Morgan fingerprint density at radius 1 is 1.03 bits per heavy atom. The predicted octanol–water partition coefficient (Wildman–Crippen LogP) is 5.73. The topological polar surface area (TPSA) is 71.5 Å². The summed E-state index contributed by atoms with van der Waals surface area (Å²) in [7, 11) is 0. The lowest BCUT2D eigenvalue weighted by molar-refractivity contribution is -0.124. The number of para-hydroxylation sites is 1. The van der Waals surface area contributed by atoms with E-state index >= 15 is 0 Å². The monoisotopic (exact) mass is 481 g/mol. The molecule has 6 heteroatoms. The molecule has 1 amide bonds. The molecule has 184 valence electrons. The van der Waals surface area contributed by atoms with E-state index in [2.05, 4.69) is 17.1 Å². The molecule has 0 aliphatic carbocycles. The molecule has 5 rings (SSSR count). The van der Waals surface area contributed by atoms with Gasteiger partial charge in [0.2, 0.25) is 0 Å². The third kappa shape index (κ3) is 4.82. The molecule has 1 N–H and O–H groups in total. The van der Waals surface area contributed by atoms with E-state index in [0.717, 1.165) is 58.9 Å². The number of benzene rings is 3. The van der Waals surface area contributed by atoms with Crippen molar-refractivity contribution in [2.24, 2.45) is 0 Å². The number of amides is 1. The van der Waals surface area contributed by atoms with Crippen molar-refractivity contribution in [3.05, 3.63) is 83.6 Å². The van der Waals surface area contributed by atoms with Gasteiger partial charge in [-0.25, -0.2) is 4.79 Å². The van der Waals surface area contributed by atoms with Crippen molar-refractivity contribution in [3.8, 4) is 0 Å². The van der Waals surface area contributed by atoms with Crippen molar-refractivity contribution in [1.29, 1.82) is 0 Å². The smallest absolute Gasteiger partial charge is 0.340 e. The maximum Gasteiger partial charge on any atom is 0.340 e. The van der Waals surface area contributed by atoms with Gasteiger partial charge in [-0.05, 0) is 48.4 Å². The Balaban J connectivity index is 1.42. The fraction of sp³-hybridized carbons (Fsp3) is 0.300. The van der Waals surface area contributed by atoms with Crippen LogP contribution in [0, 0.1) is 0 Å². The van der Waals surface area contributed by atoms with Gasteiger partial charge in [0.15, 0.2) is 6.10 Å². The van der Waals surface area contributed by atoms with Crippen LogP contribution in [-0.4, -0.2) is 41.0 Å². The Morgan fingerprint density at radius 3 is 2.61 bits per heavy atom. The standard InChI is InChI=1S/C30H31N3O3/c1-3-16-33-17-15-26-24(19-33)28(23-11-7-8-12-25(23)32-26)30(35)36-27(4-2)29(34)31-22-14-13-20-9-5-6-10-21(20)18-22/h5-14,18,27H,3-4,15-17,19H2,1-2H3,(H,31,34). The quantitative estimate of drug-likeness (QED) is 0.341. The van der Waals surface area contributed by atoms with Crippen LogP contribution in [0.25, 0.3) is 21.7 Å². The van der Waals surface area contributed by atoms with Crippen molar-refractivity contribution < 1.29 is 14.3 Å². The van der Waals surface area contributed by atoms with E-state index in [0.29, 0.717) is 24.2 Å². The van der Waals surface area contributed by atoms with Crippen LogP contribution in [0.3, 0.4) is 0 Å². The summed E-state index contributed by atoms with van der Waals surface area (Å²) in [6.45, 7) is 6.55. The second kappa shape index (κ2) is 10.5. The average molecular weight is 482 g/mol. The Bertz CT molecular complexity index is 1430. The normalized spacial score (nSPS) is 14.4. The van der Waals surface area contributed by atoms with Crippen LogP contribution in [-0.2, 0) is 22.5 Å². The molecule has 1 atom stereocenters. The molecule has 6 nitrogen and oxygen atoms in total. The number of hydrogen-bond donors (Lipinski definition) is 1. The second-order valence-corrected chi connectivity index (χ2v) is 9.31. The van der Waals surface area contributed by atoms with E-state index in [-0.39, 0.29) is 5.91 Å². The van der Waals surface area contributed by atoms with E-state index in [1.165, 1.54) is 0 Å². The molecule has 0 fully saturated rings. The zero-order chi connectivity index (χ0) is 25.1. The minimum atomic E-state index is -0.901. The molecule has 1 aliphatic rings. The molecule has 1 unspecified atom stereocenters. The highest BCUT2D eigenvalue weighted by molar-refractivity contribution is 6.06. The molecular weight excluding hydrogens is 450 g/mol. The summed E-state index contributed by atoms with van der Waals surface area (Å²) in [6.07, 6.45) is 1.31. The van der Waals surface area contributed by atoms with Crippen molar-refractivity contribution in [3.63, 3.8) is 0 Å². The summed E-state index contributed by atoms with van der Waals surface area (Å²) in [4.78, 5) is 34.0. The van der Waals surface area contributed by atoms with Crippen LogP contribution in [0.5, 0.6) is 0 Å². The summed E-state index contributed by atoms with van der Waals surface area (Å²) < 4.78 is 5.88. The van der Waals surface area contributed by atoms with Gasteiger partial charge in [-0.1, -0.05) is 62.4 Å². The van der Waals surface area contributed by atoms with Crippen molar-refractivity contribution >= 4 is 39.2 Å². The molecular formula is C30H31N3O3. The lowest BCUT2D eigenvalue weighted by Gasteiger charge is -2.30. The number of carbonyl (C=O) groups is 2. The highest BCUT2D eigenvalue weighted by Gasteiger charge is 2.29. The molecule has 2 heterocycles. The Morgan fingerprint density at radius 2 is 1.81 bits per heavy atom. The zero-order valence-electron chi connectivity index (χ0n) is 20.8. The van der Waals surface area contributed by atoms with Crippen LogP contribution >= 0.6 is 0 Å². The van der Waals surface area contributed by atoms with Gasteiger partial charge in [0.05, 0.1) is 11.1 Å². The van der Waals surface area contributed by atoms with Crippen LogP contribution in [0.2, 0.25) is 0 Å². The molecule has 0 saturated heterocycles. The van der Waals surface area contributed by atoms with Gasteiger partial charge in [-0.3, -0.25) is 14.7 Å². The van der Waals surface area contributed by atoms with Gasteiger partial charge in [0.1, 0.15) is 0 Å². The highest BCUT2D eigenvalue weighted by atomic mass is 16.5. The van der Waals surface area contributed by atoms with E-state index in [1.54, 1.807) is 0 Å². The summed E-state index contributed by atoms with van der Waals surface area (Å²) in [5, 5.41) is 5.83. The lowest BCUT2D eigenvalue weighted by atomic mass is 9.95. The van der Waals surface area contributed by atoms with Gasteiger partial charge in [0, 0.05) is 41.8 Å². The number of rotatable bonds is 7. The fourth-order valence-corrected chi connectivity index (χ4v) is 4.99. The Labute approximate surface area is 211 Å². The Hall–Kier alpha value is -3.77. The number of pyridine rings is 1. The van der Waals surface area contributed by atoms with Crippen LogP contribution < -0.4 is 5.32 Å². The van der Waals surface area contributed by atoms with Gasteiger partial charge in [0.25, 0.3) is 5.91 Å². The van der Waals surface area contributed by atoms with Crippen molar-refractivity contribution in [2.75, 3.05) is 18.4 Å². The van der Waals surface area contributed by atoms with E-state index in [4.69, 9.17) is 9.72 Å². The summed E-state index contributed by atoms with van der Waals surface area (Å²) in [6, 6.07) is 21.4. The van der Waals surface area contributed by atoms with Gasteiger partial charge >= 0.3 is 5.97 Å². The van der Waals surface area contributed by atoms with Crippen LogP contribution in [0.15, 0.2) is 66.7 Å². The molecule has 0 bridgehead atoms. The maximum atomic E-state index is 13.6. The largest absolute Gasteiger partial charge is 0.449 e. The number of nitrogens with one attached hydrogen (secondary N) is 1. The van der Waals surface area contributed by atoms with Crippen LogP contribution in [0.1, 0.15) is 48.3 Å². The number of fused-ring (bicyclic) bond motifs is 3. The molecule has 1 aliphatic heterocycles. The lowest BCUT2D eigenvalue weighted by Crippen LogP contribution is -2.35. The number of ether oxygens (including phenoxy) is 1.